The van der Waals surface area contributed by atoms with E-state index in [1.54, 1.807) is 18.3 Å². The highest BCUT2D eigenvalue weighted by molar-refractivity contribution is 5.96. The summed E-state index contributed by atoms with van der Waals surface area (Å²) >= 11 is 0. The van der Waals surface area contributed by atoms with E-state index in [-0.39, 0.29) is 11.8 Å². The lowest BCUT2D eigenvalue weighted by molar-refractivity contribution is 0.0947. The molecule has 2 heterocycles. The van der Waals surface area contributed by atoms with Gasteiger partial charge < -0.3 is 15.0 Å². The molecule has 0 aliphatic rings. The number of hydrogen-bond acceptors (Lipinski definition) is 3. The van der Waals surface area contributed by atoms with E-state index in [0.29, 0.717) is 17.9 Å². The van der Waals surface area contributed by atoms with Crippen molar-refractivity contribution in [3.05, 3.63) is 90.3 Å². The van der Waals surface area contributed by atoms with E-state index < -0.39 is 0 Å². The highest BCUT2D eigenvalue weighted by atomic mass is 16.5. The van der Waals surface area contributed by atoms with Crippen LogP contribution in [-0.2, 0) is 6.54 Å². The Labute approximate surface area is 150 Å². The van der Waals surface area contributed by atoms with E-state index in [0.717, 1.165) is 16.6 Å². The standard InChI is InChI=1S/C21H17N3O2/c25-20(23-14-16-13-15-7-4-5-11-19(15)24-16)18-10-6-12-22-21(18)26-17-8-2-1-3-9-17/h1-13,24H,14H2,(H,23,25). The zero-order valence-electron chi connectivity index (χ0n) is 14.0. The Bertz CT molecular complexity index is 1010. The summed E-state index contributed by atoms with van der Waals surface area (Å²) in [5, 5.41) is 4.03. The first kappa shape index (κ1) is 15.9. The summed E-state index contributed by atoms with van der Waals surface area (Å²) in [5.41, 5.74) is 2.38. The Morgan fingerprint density at radius 1 is 1.00 bits per heavy atom. The van der Waals surface area contributed by atoms with Crippen LogP contribution in [0.1, 0.15) is 16.1 Å². The second kappa shape index (κ2) is 7.11. The van der Waals surface area contributed by atoms with Crippen molar-refractivity contribution < 1.29 is 9.53 Å². The van der Waals surface area contributed by atoms with Crippen molar-refractivity contribution in [2.45, 2.75) is 6.54 Å². The smallest absolute Gasteiger partial charge is 0.257 e. The number of H-pyrrole nitrogens is 1. The lowest BCUT2D eigenvalue weighted by Crippen LogP contribution is -2.23. The SMILES string of the molecule is O=C(NCc1cc2ccccc2[nH]1)c1cccnc1Oc1ccccc1. The van der Waals surface area contributed by atoms with Crippen LogP contribution in [0, 0.1) is 0 Å². The molecule has 128 valence electrons. The highest BCUT2D eigenvalue weighted by Crippen LogP contribution is 2.22. The fourth-order valence-corrected chi connectivity index (χ4v) is 2.74. The number of benzene rings is 2. The molecule has 0 spiro atoms. The number of fused-ring (bicyclic) bond motifs is 1. The summed E-state index contributed by atoms with van der Waals surface area (Å²) in [4.78, 5) is 20.1. The van der Waals surface area contributed by atoms with E-state index in [9.17, 15) is 4.79 Å². The molecule has 0 atom stereocenters. The summed E-state index contributed by atoms with van der Waals surface area (Å²) in [5.74, 6) is 0.686. The maximum atomic E-state index is 12.6. The van der Waals surface area contributed by atoms with Crippen LogP contribution >= 0.6 is 0 Å². The number of nitrogens with zero attached hydrogens (tertiary/aromatic N) is 1. The fourth-order valence-electron chi connectivity index (χ4n) is 2.74. The van der Waals surface area contributed by atoms with Crippen molar-refractivity contribution in [2.24, 2.45) is 0 Å². The van der Waals surface area contributed by atoms with Crippen molar-refractivity contribution in [3.63, 3.8) is 0 Å². The van der Waals surface area contributed by atoms with Crippen molar-refractivity contribution in [3.8, 4) is 11.6 Å². The number of carbonyl (C=O) groups excluding carboxylic acids is 1. The number of pyridine rings is 1. The summed E-state index contributed by atoms with van der Waals surface area (Å²) in [6.07, 6.45) is 1.60. The first-order chi connectivity index (χ1) is 12.8. The molecule has 4 rings (SSSR count). The largest absolute Gasteiger partial charge is 0.438 e. The average Bonchev–Trinajstić information content (AvgIpc) is 3.10. The van der Waals surface area contributed by atoms with Crippen LogP contribution in [0.25, 0.3) is 10.9 Å². The van der Waals surface area contributed by atoms with Crippen LogP contribution in [0.5, 0.6) is 11.6 Å². The quantitative estimate of drug-likeness (QED) is 0.568. The molecule has 4 aromatic rings. The molecule has 1 amide bonds. The fraction of sp³-hybridized carbons (Fsp3) is 0.0476. The van der Waals surface area contributed by atoms with Gasteiger partial charge in [0.25, 0.3) is 5.91 Å². The van der Waals surface area contributed by atoms with E-state index in [1.165, 1.54) is 0 Å². The first-order valence-corrected chi connectivity index (χ1v) is 8.32. The van der Waals surface area contributed by atoms with Crippen LogP contribution in [0.15, 0.2) is 79.0 Å². The van der Waals surface area contributed by atoms with Crippen LogP contribution < -0.4 is 10.1 Å². The Morgan fingerprint density at radius 2 is 1.81 bits per heavy atom. The highest BCUT2D eigenvalue weighted by Gasteiger charge is 2.14. The molecule has 5 heteroatoms. The molecule has 0 bridgehead atoms. The first-order valence-electron chi connectivity index (χ1n) is 8.32. The monoisotopic (exact) mass is 343 g/mol. The predicted octanol–water partition coefficient (Wildman–Crippen LogP) is 4.29. The molecule has 2 aromatic heterocycles. The van der Waals surface area contributed by atoms with Gasteiger partial charge in [-0.2, -0.15) is 0 Å². The Kier molecular flexibility index (Phi) is 4.35. The molecular formula is C21H17N3O2. The number of aromatic amines is 1. The molecule has 0 aliphatic heterocycles. The second-order valence-electron chi connectivity index (χ2n) is 5.84. The zero-order chi connectivity index (χ0) is 17.8. The molecule has 2 N–H and O–H groups in total. The van der Waals surface area contributed by atoms with E-state index in [2.05, 4.69) is 15.3 Å². The van der Waals surface area contributed by atoms with Crippen molar-refractivity contribution in [1.29, 1.82) is 0 Å². The van der Waals surface area contributed by atoms with Gasteiger partial charge in [0.1, 0.15) is 11.3 Å². The summed E-state index contributed by atoms with van der Waals surface area (Å²) in [6.45, 7) is 0.396. The van der Waals surface area contributed by atoms with Crippen LogP contribution in [-0.4, -0.2) is 15.9 Å². The molecule has 0 aliphatic carbocycles. The molecule has 0 saturated carbocycles. The van der Waals surface area contributed by atoms with Gasteiger partial charge in [-0.25, -0.2) is 4.98 Å². The third kappa shape index (κ3) is 3.42. The number of ether oxygens (including phenoxy) is 1. The number of amides is 1. The van der Waals surface area contributed by atoms with E-state index in [1.807, 2.05) is 60.7 Å². The van der Waals surface area contributed by atoms with Gasteiger partial charge in [-0.1, -0.05) is 36.4 Å². The molecule has 0 radical (unpaired) electrons. The van der Waals surface area contributed by atoms with E-state index in [4.69, 9.17) is 4.74 Å². The van der Waals surface area contributed by atoms with Gasteiger partial charge in [-0.15, -0.1) is 0 Å². The van der Waals surface area contributed by atoms with Crippen LogP contribution in [0.2, 0.25) is 0 Å². The van der Waals surface area contributed by atoms with Crippen molar-refractivity contribution in [1.82, 2.24) is 15.3 Å². The number of para-hydroxylation sites is 2. The van der Waals surface area contributed by atoms with Gasteiger partial charge in [0.2, 0.25) is 5.88 Å². The Morgan fingerprint density at radius 3 is 2.65 bits per heavy atom. The maximum absolute atomic E-state index is 12.6. The minimum Gasteiger partial charge on any atom is -0.438 e. The van der Waals surface area contributed by atoms with Gasteiger partial charge in [0.15, 0.2) is 0 Å². The van der Waals surface area contributed by atoms with Gasteiger partial charge in [0.05, 0.1) is 6.54 Å². The number of hydrogen-bond donors (Lipinski definition) is 2. The number of carbonyl (C=O) groups is 1. The lowest BCUT2D eigenvalue weighted by atomic mass is 10.2. The average molecular weight is 343 g/mol. The zero-order valence-corrected chi connectivity index (χ0v) is 14.0. The summed E-state index contributed by atoms with van der Waals surface area (Å²) in [6, 6.07) is 22.7. The molecule has 26 heavy (non-hydrogen) atoms. The molecule has 2 aromatic carbocycles. The van der Waals surface area contributed by atoms with Crippen molar-refractivity contribution in [2.75, 3.05) is 0 Å². The van der Waals surface area contributed by atoms with Crippen molar-refractivity contribution >= 4 is 16.8 Å². The van der Waals surface area contributed by atoms with Crippen LogP contribution in [0.3, 0.4) is 0 Å². The van der Waals surface area contributed by atoms with E-state index >= 15 is 0 Å². The minimum atomic E-state index is -0.234. The topological polar surface area (TPSA) is 67.0 Å². The second-order valence-corrected chi connectivity index (χ2v) is 5.84. The molecular weight excluding hydrogens is 326 g/mol. The Hall–Kier alpha value is -3.60. The van der Waals surface area contributed by atoms with Gasteiger partial charge >= 0.3 is 0 Å². The normalized spacial score (nSPS) is 10.6. The van der Waals surface area contributed by atoms with Crippen LogP contribution in [0.4, 0.5) is 0 Å². The minimum absolute atomic E-state index is 0.234. The lowest BCUT2D eigenvalue weighted by Gasteiger charge is -2.10. The van der Waals surface area contributed by atoms with Gasteiger partial charge in [0, 0.05) is 17.4 Å². The maximum Gasteiger partial charge on any atom is 0.257 e. The third-order valence-electron chi connectivity index (χ3n) is 4.00. The predicted molar refractivity (Wildman–Crippen MR) is 100 cm³/mol. The Balaban J connectivity index is 1.49. The number of aromatic nitrogens is 2. The third-order valence-corrected chi connectivity index (χ3v) is 4.00. The molecule has 0 saturated heterocycles. The summed E-state index contributed by atoms with van der Waals surface area (Å²) in [7, 11) is 0. The summed E-state index contributed by atoms with van der Waals surface area (Å²) < 4.78 is 5.75. The molecule has 0 fully saturated rings. The molecule has 5 nitrogen and oxygen atoms in total. The van der Waals surface area contributed by atoms with Gasteiger partial charge in [-0.05, 0) is 41.8 Å². The molecule has 0 unspecified atom stereocenters. The number of nitrogens with one attached hydrogen (secondary N) is 2. The van der Waals surface area contributed by atoms with Gasteiger partial charge in [-0.3, -0.25) is 4.79 Å². The number of rotatable bonds is 5.